The van der Waals surface area contributed by atoms with E-state index in [1.165, 1.54) is 0 Å². The zero-order chi connectivity index (χ0) is 15.9. The van der Waals surface area contributed by atoms with Crippen LogP contribution in [0.4, 0.5) is 0 Å². The minimum atomic E-state index is 0.00714. The number of carbonyl (C=O) groups excluding carboxylic acids is 1. The number of benzene rings is 1. The molecule has 1 rings (SSSR count). The van der Waals surface area contributed by atoms with Crippen LogP contribution < -0.4 is 5.73 Å². The van der Waals surface area contributed by atoms with E-state index in [0.29, 0.717) is 0 Å². The molecule has 0 saturated carbocycles. The SMILES string of the molecule is CC(c1ccccc1)N(CCSSC(C)(C)C)C(=O)CN. The number of hydrogen-bond acceptors (Lipinski definition) is 4. The Bertz CT molecular complexity index is 432. The first-order valence-electron chi connectivity index (χ1n) is 7.20. The number of nitrogens with zero attached hydrogens (tertiary/aromatic N) is 1. The molecule has 5 heteroatoms. The number of carbonyl (C=O) groups is 1. The van der Waals surface area contributed by atoms with Crippen LogP contribution >= 0.6 is 21.6 Å². The van der Waals surface area contributed by atoms with Crippen molar-refractivity contribution in [2.24, 2.45) is 5.73 Å². The van der Waals surface area contributed by atoms with Gasteiger partial charge in [0.15, 0.2) is 0 Å². The minimum absolute atomic E-state index is 0.00714. The molecule has 0 aromatic heterocycles. The molecule has 21 heavy (non-hydrogen) atoms. The van der Waals surface area contributed by atoms with Crippen LogP contribution in [0.5, 0.6) is 0 Å². The maximum atomic E-state index is 12.1. The van der Waals surface area contributed by atoms with Gasteiger partial charge in [0.2, 0.25) is 5.91 Å². The molecule has 1 unspecified atom stereocenters. The molecule has 1 aromatic carbocycles. The van der Waals surface area contributed by atoms with E-state index in [-0.39, 0.29) is 23.2 Å². The molecule has 0 aliphatic heterocycles. The molecular weight excluding hydrogens is 300 g/mol. The smallest absolute Gasteiger partial charge is 0.236 e. The van der Waals surface area contributed by atoms with Gasteiger partial charge in [-0.25, -0.2) is 0 Å². The van der Waals surface area contributed by atoms with Crippen molar-refractivity contribution in [2.75, 3.05) is 18.8 Å². The largest absolute Gasteiger partial charge is 0.334 e. The maximum Gasteiger partial charge on any atom is 0.236 e. The second kappa shape index (κ2) is 8.71. The minimum Gasteiger partial charge on any atom is -0.334 e. The predicted octanol–water partition coefficient (Wildman–Crippen LogP) is 3.71. The van der Waals surface area contributed by atoms with Crippen LogP contribution in [0.3, 0.4) is 0 Å². The van der Waals surface area contributed by atoms with Gasteiger partial charge in [0, 0.05) is 17.0 Å². The van der Waals surface area contributed by atoms with Crippen LogP contribution in [0.25, 0.3) is 0 Å². The van der Waals surface area contributed by atoms with E-state index in [1.54, 1.807) is 0 Å². The lowest BCUT2D eigenvalue weighted by Crippen LogP contribution is -2.39. The van der Waals surface area contributed by atoms with Crippen LogP contribution in [0.15, 0.2) is 30.3 Å². The molecule has 3 nitrogen and oxygen atoms in total. The molecule has 0 saturated heterocycles. The molecule has 1 atom stereocenters. The van der Waals surface area contributed by atoms with E-state index in [9.17, 15) is 4.79 Å². The molecule has 0 aliphatic rings. The zero-order valence-electron chi connectivity index (χ0n) is 13.3. The Hall–Kier alpha value is -0.650. The fourth-order valence-electron chi connectivity index (χ4n) is 1.92. The zero-order valence-corrected chi connectivity index (χ0v) is 15.0. The molecule has 0 radical (unpaired) electrons. The Morgan fingerprint density at radius 2 is 1.90 bits per heavy atom. The number of amides is 1. The summed E-state index contributed by atoms with van der Waals surface area (Å²) >= 11 is 0. The fourth-order valence-corrected chi connectivity index (χ4v) is 4.16. The van der Waals surface area contributed by atoms with Crippen molar-refractivity contribution < 1.29 is 4.79 Å². The lowest BCUT2D eigenvalue weighted by molar-refractivity contribution is -0.131. The number of hydrogen-bond donors (Lipinski definition) is 1. The van der Waals surface area contributed by atoms with Crippen molar-refractivity contribution in [1.82, 2.24) is 4.90 Å². The van der Waals surface area contributed by atoms with Gasteiger partial charge in [0.25, 0.3) is 0 Å². The average molecular weight is 327 g/mol. The Kier molecular flexibility index (Phi) is 7.63. The topological polar surface area (TPSA) is 46.3 Å². The molecule has 0 bridgehead atoms. The van der Waals surface area contributed by atoms with Gasteiger partial charge in [-0.15, -0.1) is 0 Å². The Labute approximate surface area is 136 Å². The van der Waals surface area contributed by atoms with Crippen LogP contribution in [-0.4, -0.2) is 34.4 Å². The van der Waals surface area contributed by atoms with Crippen LogP contribution in [0.1, 0.15) is 39.3 Å². The van der Waals surface area contributed by atoms with Crippen molar-refractivity contribution in [3.63, 3.8) is 0 Å². The highest BCUT2D eigenvalue weighted by Gasteiger charge is 2.20. The third-order valence-electron chi connectivity index (χ3n) is 2.97. The molecule has 0 fully saturated rings. The molecule has 2 N–H and O–H groups in total. The average Bonchev–Trinajstić information content (AvgIpc) is 2.46. The van der Waals surface area contributed by atoms with Gasteiger partial charge in [-0.05, 0) is 12.5 Å². The van der Waals surface area contributed by atoms with Crippen molar-refractivity contribution >= 4 is 27.5 Å². The Morgan fingerprint density at radius 1 is 1.29 bits per heavy atom. The van der Waals surface area contributed by atoms with Crippen molar-refractivity contribution in [1.29, 1.82) is 0 Å². The standard InChI is InChI=1S/C16H26N2OS2/c1-13(14-8-6-5-7-9-14)18(15(19)12-17)10-11-20-21-16(2,3)4/h5-9,13H,10-12,17H2,1-4H3. The first kappa shape index (κ1) is 18.4. The third kappa shape index (κ3) is 6.76. The van der Waals surface area contributed by atoms with Gasteiger partial charge in [-0.2, -0.15) is 0 Å². The molecule has 0 spiro atoms. The van der Waals surface area contributed by atoms with E-state index in [2.05, 4.69) is 39.8 Å². The highest BCUT2D eigenvalue weighted by molar-refractivity contribution is 8.77. The van der Waals surface area contributed by atoms with E-state index in [0.717, 1.165) is 17.9 Å². The summed E-state index contributed by atoms with van der Waals surface area (Å²) in [6.45, 7) is 9.43. The molecule has 0 heterocycles. The molecule has 1 amide bonds. The molecule has 0 aliphatic carbocycles. The number of nitrogens with two attached hydrogens (primary N) is 1. The summed E-state index contributed by atoms with van der Waals surface area (Å²) in [5.74, 6) is 0.915. The van der Waals surface area contributed by atoms with Gasteiger partial charge < -0.3 is 10.6 Å². The normalized spacial score (nSPS) is 13.0. The number of rotatable bonds is 7. The summed E-state index contributed by atoms with van der Waals surface area (Å²) < 4.78 is 0.235. The van der Waals surface area contributed by atoms with E-state index < -0.39 is 0 Å². The highest BCUT2D eigenvalue weighted by atomic mass is 33.1. The maximum absolute atomic E-state index is 12.1. The monoisotopic (exact) mass is 326 g/mol. The summed E-state index contributed by atoms with van der Waals surface area (Å²) in [5.41, 5.74) is 6.71. The van der Waals surface area contributed by atoms with Gasteiger partial charge in [0.05, 0.1) is 12.6 Å². The lowest BCUT2D eigenvalue weighted by atomic mass is 10.1. The van der Waals surface area contributed by atoms with Crippen LogP contribution in [-0.2, 0) is 4.79 Å². The van der Waals surface area contributed by atoms with E-state index in [1.807, 2.05) is 44.7 Å². The van der Waals surface area contributed by atoms with Crippen molar-refractivity contribution in [2.45, 2.75) is 38.5 Å². The summed E-state index contributed by atoms with van der Waals surface area (Å²) in [6.07, 6.45) is 0. The second-order valence-corrected chi connectivity index (χ2v) is 9.14. The summed E-state index contributed by atoms with van der Waals surface area (Å²) in [7, 11) is 3.66. The van der Waals surface area contributed by atoms with Gasteiger partial charge >= 0.3 is 0 Å². The first-order chi connectivity index (χ1) is 9.85. The van der Waals surface area contributed by atoms with Gasteiger partial charge in [-0.1, -0.05) is 72.7 Å². The van der Waals surface area contributed by atoms with Crippen molar-refractivity contribution in [3.8, 4) is 0 Å². The molecular formula is C16H26N2OS2. The second-order valence-electron chi connectivity index (χ2n) is 5.90. The quantitative estimate of drug-likeness (QED) is 0.613. The summed E-state index contributed by atoms with van der Waals surface area (Å²) in [4.78, 5) is 14.0. The van der Waals surface area contributed by atoms with Gasteiger partial charge in [-0.3, -0.25) is 4.79 Å². The van der Waals surface area contributed by atoms with Crippen LogP contribution in [0, 0.1) is 0 Å². The first-order valence-corrected chi connectivity index (χ1v) is 9.52. The van der Waals surface area contributed by atoms with E-state index in [4.69, 9.17) is 5.73 Å². The summed E-state index contributed by atoms with van der Waals surface area (Å²) in [6, 6.07) is 10.2. The summed E-state index contributed by atoms with van der Waals surface area (Å²) in [5, 5.41) is 0. The lowest BCUT2D eigenvalue weighted by Gasteiger charge is -2.29. The highest BCUT2D eigenvalue weighted by Crippen LogP contribution is 2.35. The molecule has 118 valence electrons. The van der Waals surface area contributed by atoms with Gasteiger partial charge in [0.1, 0.15) is 0 Å². The Morgan fingerprint density at radius 3 is 2.43 bits per heavy atom. The predicted molar refractivity (Wildman–Crippen MR) is 95.4 cm³/mol. The third-order valence-corrected chi connectivity index (χ3v) is 6.29. The van der Waals surface area contributed by atoms with Crippen LogP contribution in [0.2, 0.25) is 0 Å². The van der Waals surface area contributed by atoms with Crippen molar-refractivity contribution in [3.05, 3.63) is 35.9 Å². The Balaban J connectivity index is 2.62. The molecule has 1 aromatic rings. The fraction of sp³-hybridized carbons (Fsp3) is 0.562. The van der Waals surface area contributed by atoms with E-state index >= 15 is 0 Å².